The van der Waals surface area contributed by atoms with E-state index in [0.29, 0.717) is 33.1 Å². The zero-order valence-electron chi connectivity index (χ0n) is 12.8. The molecule has 0 aliphatic carbocycles. The Hall–Kier alpha value is -2.54. The van der Waals surface area contributed by atoms with E-state index in [2.05, 4.69) is 20.2 Å². The second-order valence-corrected chi connectivity index (χ2v) is 6.12. The molecule has 4 aromatic rings. The van der Waals surface area contributed by atoms with Crippen molar-refractivity contribution in [2.24, 2.45) is 0 Å². The number of aromatic amines is 1. The Balaban J connectivity index is 2.11. The molecule has 0 saturated heterocycles. The number of hydrogen-bond donors (Lipinski definition) is 1. The number of aryl methyl sites for hydroxylation is 1. The van der Waals surface area contributed by atoms with E-state index in [1.165, 1.54) is 4.57 Å². The summed E-state index contributed by atoms with van der Waals surface area (Å²) >= 11 is 6.26. The molecule has 0 aliphatic heterocycles. The smallest absolute Gasteiger partial charge is 0.276 e. The van der Waals surface area contributed by atoms with Gasteiger partial charge in [0.05, 0.1) is 22.4 Å². The predicted molar refractivity (Wildman–Crippen MR) is 87.8 cm³/mol. The van der Waals surface area contributed by atoms with E-state index in [0.717, 1.165) is 12.3 Å². The van der Waals surface area contributed by atoms with E-state index >= 15 is 0 Å². The van der Waals surface area contributed by atoms with Crippen LogP contribution in [-0.2, 0) is 5.92 Å². The lowest BCUT2D eigenvalue weighted by Crippen LogP contribution is -2.15. The van der Waals surface area contributed by atoms with Crippen LogP contribution in [0.5, 0.6) is 0 Å². The Morgan fingerprint density at radius 1 is 1.21 bits per heavy atom. The van der Waals surface area contributed by atoms with Crippen LogP contribution in [0.25, 0.3) is 27.8 Å². The molecular weight excluding hydrogens is 336 g/mol. The van der Waals surface area contributed by atoms with Crippen molar-refractivity contribution in [3.8, 4) is 5.69 Å². The number of alkyl halides is 2. The standard InChI is InChI=1S/C16H12ClF2N5/c1-8-3-4-12-14(21-8)24(15(22-12)16(2,18)19)10-5-9-7-20-23-13(9)11(17)6-10/h3-7H,1-2H3,(H,20,23). The summed E-state index contributed by atoms with van der Waals surface area (Å²) in [6, 6.07) is 6.75. The summed E-state index contributed by atoms with van der Waals surface area (Å²) in [5.41, 5.74) is 2.60. The van der Waals surface area contributed by atoms with Gasteiger partial charge in [0, 0.05) is 18.0 Å². The van der Waals surface area contributed by atoms with Gasteiger partial charge in [0.15, 0.2) is 11.5 Å². The Labute approximate surface area is 140 Å². The maximum absolute atomic E-state index is 14.1. The highest BCUT2D eigenvalue weighted by atomic mass is 35.5. The van der Waals surface area contributed by atoms with Crippen molar-refractivity contribution in [2.45, 2.75) is 19.8 Å². The largest absolute Gasteiger partial charge is 0.302 e. The number of H-pyrrole nitrogens is 1. The van der Waals surface area contributed by atoms with Crippen LogP contribution in [0.4, 0.5) is 8.78 Å². The fraction of sp³-hybridized carbons (Fsp3) is 0.188. The molecule has 8 heteroatoms. The van der Waals surface area contributed by atoms with Gasteiger partial charge in [-0.2, -0.15) is 13.9 Å². The molecule has 5 nitrogen and oxygen atoms in total. The minimum Gasteiger partial charge on any atom is -0.276 e. The third-order valence-electron chi connectivity index (χ3n) is 3.78. The first-order valence-corrected chi connectivity index (χ1v) is 7.60. The van der Waals surface area contributed by atoms with E-state index in [9.17, 15) is 8.78 Å². The van der Waals surface area contributed by atoms with Crippen LogP contribution in [0, 0.1) is 6.92 Å². The maximum atomic E-state index is 14.1. The molecule has 0 spiro atoms. The summed E-state index contributed by atoms with van der Waals surface area (Å²) in [5.74, 6) is -3.51. The number of imidazole rings is 1. The van der Waals surface area contributed by atoms with Crippen LogP contribution in [0.2, 0.25) is 5.02 Å². The highest BCUT2D eigenvalue weighted by Crippen LogP contribution is 2.34. The first-order chi connectivity index (χ1) is 11.3. The number of rotatable bonds is 2. The summed E-state index contributed by atoms with van der Waals surface area (Å²) < 4.78 is 29.6. The predicted octanol–water partition coefficient (Wildman–Crippen LogP) is 4.37. The average Bonchev–Trinajstić information content (AvgIpc) is 3.10. The molecule has 24 heavy (non-hydrogen) atoms. The molecule has 0 bridgehead atoms. The first kappa shape index (κ1) is 15.0. The lowest BCUT2D eigenvalue weighted by molar-refractivity contribution is 0.00667. The minimum atomic E-state index is -3.13. The lowest BCUT2D eigenvalue weighted by Gasteiger charge is -2.14. The van der Waals surface area contributed by atoms with Gasteiger partial charge in [-0.05, 0) is 31.2 Å². The van der Waals surface area contributed by atoms with Gasteiger partial charge in [0.1, 0.15) is 5.52 Å². The monoisotopic (exact) mass is 347 g/mol. The molecule has 3 aromatic heterocycles. The fourth-order valence-electron chi connectivity index (χ4n) is 2.72. The van der Waals surface area contributed by atoms with Gasteiger partial charge in [-0.15, -0.1) is 0 Å². The van der Waals surface area contributed by atoms with Crippen molar-refractivity contribution in [1.29, 1.82) is 0 Å². The fourth-order valence-corrected chi connectivity index (χ4v) is 2.98. The van der Waals surface area contributed by atoms with Gasteiger partial charge < -0.3 is 0 Å². The van der Waals surface area contributed by atoms with Crippen molar-refractivity contribution in [2.75, 3.05) is 0 Å². The molecule has 3 heterocycles. The second kappa shape index (κ2) is 4.98. The second-order valence-electron chi connectivity index (χ2n) is 5.72. The summed E-state index contributed by atoms with van der Waals surface area (Å²) in [7, 11) is 0. The number of benzene rings is 1. The van der Waals surface area contributed by atoms with Gasteiger partial charge >= 0.3 is 5.92 Å². The van der Waals surface area contributed by atoms with Gasteiger partial charge in [0.2, 0.25) is 0 Å². The molecule has 4 rings (SSSR count). The third kappa shape index (κ3) is 2.24. The van der Waals surface area contributed by atoms with Crippen molar-refractivity contribution < 1.29 is 8.78 Å². The number of halogens is 3. The van der Waals surface area contributed by atoms with Crippen LogP contribution in [0.3, 0.4) is 0 Å². The van der Waals surface area contributed by atoms with Crippen LogP contribution in [0.1, 0.15) is 18.4 Å². The topological polar surface area (TPSA) is 59.4 Å². The van der Waals surface area contributed by atoms with Crippen LogP contribution >= 0.6 is 11.6 Å². The molecule has 0 unspecified atom stereocenters. The number of aromatic nitrogens is 5. The molecule has 0 amide bonds. The zero-order chi connectivity index (χ0) is 17.1. The lowest BCUT2D eigenvalue weighted by atomic mass is 10.2. The molecule has 1 aromatic carbocycles. The van der Waals surface area contributed by atoms with Crippen LogP contribution < -0.4 is 0 Å². The Morgan fingerprint density at radius 2 is 2.00 bits per heavy atom. The Bertz CT molecular complexity index is 1080. The minimum absolute atomic E-state index is 0.366. The number of fused-ring (bicyclic) bond motifs is 2. The third-order valence-corrected chi connectivity index (χ3v) is 4.08. The number of pyridine rings is 1. The van der Waals surface area contributed by atoms with Crippen LogP contribution in [-0.4, -0.2) is 24.7 Å². The summed E-state index contributed by atoms with van der Waals surface area (Å²) in [5, 5.41) is 7.82. The normalized spacial score (nSPS) is 12.4. The van der Waals surface area contributed by atoms with Crippen molar-refractivity contribution in [1.82, 2.24) is 24.7 Å². The van der Waals surface area contributed by atoms with Gasteiger partial charge in [-0.25, -0.2) is 9.97 Å². The van der Waals surface area contributed by atoms with E-state index < -0.39 is 5.92 Å². The molecule has 0 saturated carbocycles. The summed E-state index contributed by atoms with van der Waals surface area (Å²) in [6.45, 7) is 2.61. The molecule has 0 radical (unpaired) electrons. The molecule has 1 N–H and O–H groups in total. The Morgan fingerprint density at radius 3 is 2.75 bits per heavy atom. The van der Waals surface area contributed by atoms with E-state index in [-0.39, 0.29) is 5.82 Å². The van der Waals surface area contributed by atoms with Crippen molar-refractivity contribution in [3.63, 3.8) is 0 Å². The summed E-state index contributed by atoms with van der Waals surface area (Å²) in [6.07, 6.45) is 1.59. The quantitative estimate of drug-likeness (QED) is 0.585. The highest BCUT2D eigenvalue weighted by Gasteiger charge is 2.33. The number of nitrogens with zero attached hydrogens (tertiary/aromatic N) is 4. The average molecular weight is 348 g/mol. The Kier molecular flexibility index (Phi) is 3.11. The molecule has 0 fully saturated rings. The highest BCUT2D eigenvalue weighted by molar-refractivity contribution is 6.35. The van der Waals surface area contributed by atoms with E-state index in [4.69, 9.17) is 11.6 Å². The van der Waals surface area contributed by atoms with E-state index in [1.54, 1.807) is 37.4 Å². The van der Waals surface area contributed by atoms with E-state index in [1.807, 2.05) is 0 Å². The molecule has 0 atom stereocenters. The maximum Gasteiger partial charge on any atom is 0.302 e. The number of hydrogen-bond acceptors (Lipinski definition) is 3. The zero-order valence-corrected chi connectivity index (χ0v) is 13.6. The molecule has 0 aliphatic rings. The molecular formula is C16H12ClF2N5. The van der Waals surface area contributed by atoms with Gasteiger partial charge in [-0.1, -0.05) is 11.6 Å². The number of nitrogens with one attached hydrogen (secondary N) is 1. The van der Waals surface area contributed by atoms with Crippen molar-refractivity contribution >= 4 is 33.7 Å². The van der Waals surface area contributed by atoms with Crippen molar-refractivity contribution in [3.05, 3.63) is 47.0 Å². The molecule has 122 valence electrons. The van der Waals surface area contributed by atoms with Gasteiger partial charge in [-0.3, -0.25) is 9.67 Å². The van der Waals surface area contributed by atoms with Gasteiger partial charge in [0.25, 0.3) is 0 Å². The van der Waals surface area contributed by atoms with Crippen LogP contribution in [0.15, 0.2) is 30.5 Å². The summed E-state index contributed by atoms with van der Waals surface area (Å²) in [4.78, 5) is 8.47. The SMILES string of the molecule is Cc1ccc2nc(C(C)(F)F)n(-c3cc(Cl)c4[nH]ncc4c3)c2n1. The first-order valence-electron chi connectivity index (χ1n) is 7.22.